The van der Waals surface area contributed by atoms with Crippen LogP contribution in [0.25, 0.3) is 11.0 Å². The lowest BCUT2D eigenvalue weighted by Crippen LogP contribution is -1.93. The maximum absolute atomic E-state index is 5.82. The topological polar surface area (TPSA) is 63.9 Å². The Labute approximate surface area is 121 Å². The number of thioether (sulfide) groups is 1. The molecule has 0 saturated carbocycles. The summed E-state index contributed by atoms with van der Waals surface area (Å²) < 4.78 is 5.35. The molecule has 0 saturated heterocycles. The van der Waals surface area contributed by atoms with Crippen molar-refractivity contribution in [3.63, 3.8) is 0 Å². The van der Waals surface area contributed by atoms with Gasteiger partial charge in [-0.3, -0.25) is 0 Å². The van der Waals surface area contributed by atoms with Gasteiger partial charge in [0.05, 0.1) is 18.1 Å². The molecule has 3 aromatic rings. The SMILES string of the molecule is COc1ccc(N)cc1CSc1nc2ccccc2[nH]1. The van der Waals surface area contributed by atoms with Gasteiger partial charge >= 0.3 is 0 Å². The molecule has 0 unspecified atom stereocenters. The molecule has 0 amide bonds. The molecule has 3 N–H and O–H groups in total. The molecule has 0 aliphatic carbocycles. The Morgan fingerprint density at radius 3 is 2.90 bits per heavy atom. The highest BCUT2D eigenvalue weighted by Crippen LogP contribution is 2.29. The lowest BCUT2D eigenvalue weighted by molar-refractivity contribution is 0.411. The number of nitrogens with zero attached hydrogens (tertiary/aromatic N) is 1. The van der Waals surface area contributed by atoms with Crippen LogP contribution in [-0.4, -0.2) is 17.1 Å². The number of hydrogen-bond donors (Lipinski definition) is 2. The molecule has 0 aliphatic heterocycles. The molecular formula is C15H15N3OS. The van der Waals surface area contributed by atoms with E-state index in [1.807, 2.05) is 42.5 Å². The number of hydrogen-bond acceptors (Lipinski definition) is 4. The van der Waals surface area contributed by atoms with E-state index in [9.17, 15) is 0 Å². The van der Waals surface area contributed by atoms with Gasteiger partial charge in [-0.1, -0.05) is 23.9 Å². The van der Waals surface area contributed by atoms with Crippen LogP contribution in [0.4, 0.5) is 5.69 Å². The van der Waals surface area contributed by atoms with Crippen molar-refractivity contribution in [2.24, 2.45) is 0 Å². The molecule has 1 aromatic heterocycles. The molecule has 3 rings (SSSR count). The highest BCUT2D eigenvalue weighted by Gasteiger charge is 2.07. The normalized spacial score (nSPS) is 10.8. The summed E-state index contributed by atoms with van der Waals surface area (Å²) >= 11 is 1.64. The second-order valence-corrected chi connectivity index (χ2v) is 5.38. The van der Waals surface area contributed by atoms with Gasteiger partial charge in [-0.15, -0.1) is 0 Å². The fraction of sp³-hybridized carbons (Fsp3) is 0.133. The zero-order chi connectivity index (χ0) is 13.9. The van der Waals surface area contributed by atoms with E-state index in [0.29, 0.717) is 0 Å². The average Bonchev–Trinajstić information content (AvgIpc) is 2.88. The second kappa shape index (κ2) is 5.46. The van der Waals surface area contributed by atoms with Crippen molar-refractivity contribution in [2.45, 2.75) is 10.9 Å². The van der Waals surface area contributed by atoms with E-state index in [0.717, 1.165) is 38.9 Å². The molecule has 4 nitrogen and oxygen atoms in total. The van der Waals surface area contributed by atoms with Crippen molar-refractivity contribution in [1.29, 1.82) is 0 Å². The number of fused-ring (bicyclic) bond motifs is 1. The maximum Gasteiger partial charge on any atom is 0.166 e. The Morgan fingerprint density at radius 2 is 2.10 bits per heavy atom. The van der Waals surface area contributed by atoms with E-state index in [-0.39, 0.29) is 0 Å². The smallest absolute Gasteiger partial charge is 0.166 e. The summed E-state index contributed by atoms with van der Waals surface area (Å²) in [5.74, 6) is 1.61. The molecule has 0 atom stereocenters. The van der Waals surface area contributed by atoms with Gasteiger partial charge in [0, 0.05) is 17.0 Å². The van der Waals surface area contributed by atoms with Gasteiger partial charge in [0.1, 0.15) is 5.75 Å². The molecule has 0 aliphatic rings. The fourth-order valence-electron chi connectivity index (χ4n) is 2.06. The first-order chi connectivity index (χ1) is 9.76. The Balaban J connectivity index is 1.80. The van der Waals surface area contributed by atoms with Gasteiger partial charge in [0.25, 0.3) is 0 Å². The summed E-state index contributed by atoms with van der Waals surface area (Å²) in [6, 6.07) is 13.7. The number of anilines is 1. The number of nitrogens with two attached hydrogens (primary N) is 1. The Bertz CT molecular complexity index is 706. The van der Waals surface area contributed by atoms with Gasteiger partial charge in [-0.05, 0) is 30.3 Å². The van der Waals surface area contributed by atoms with Crippen molar-refractivity contribution in [3.8, 4) is 5.75 Å². The molecule has 0 fully saturated rings. The summed E-state index contributed by atoms with van der Waals surface area (Å²) in [5, 5.41) is 0.899. The van der Waals surface area contributed by atoms with Gasteiger partial charge in [-0.25, -0.2) is 4.98 Å². The van der Waals surface area contributed by atoms with E-state index in [2.05, 4.69) is 9.97 Å². The Morgan fingerprint density at radius 1 is 1.25 bits per heavy atom. The van der Waals surface area contributed by atoms with Gasteiger partial charge < -0.3 is 15.5 Å². The number of para-hydroxylation sites is 2. The number of nitrogens with one attached hydrogen (secondary N) is 1. The predicted octanol–water partition coefficient (Wildman–Crippen LogP) is 3.45. The third kappa shape index (κ3) is 2.58. The summed E-state index contributed by atoms with van der Waals surface area (Å²) in [4.78, 5) is 7.84. The fourth-order valence-corrected chi connectivity index (χ4v) is 2.92. The van der Waals surface area contributed by atoms with E-state index in [4.69, 9.17) is 10.5 Å². The number of benzene rings is 2. The zero-order valence-electron chi connectivity index (χ0n) is 11.1. The number of nitrogen functional groups attached to an aromatic ring is 1. The first kappa shape index (κ1) is 12.9. The van der Waals surface area contributed by atoms with Crippen LogP contribution >= 0.6 is 11.8 Å². The first-order valence-corrected chi connectivity index (χ1v) is 7.25. The van der Waals surface area contributed by atoms with Gasteiger partial charge in [0.15, 0.2) is 5.16 Å². The van der Waals surface area contributed by atoms with Crippen LogP contribution in [0, 0.1) is 0 Å². The largest absolute Gasteiger partial charge is 0.496 e. The summed E-state index contributed by atoms with van der Waals surface area (Å²) in [6.07, 6.45) is 0. The predicted molar refractivity (Wildman–Crippen MR) is 83.1 cm³/mol. The van der Waals surface area contributed by atoms with Crippen molar-refractivity contribution < 1.29 is 4.74 Å². The van der Waals surface area contributed by atoms with Crippen molar-refractivity contribution in [3.05, 3.63) is 48.0 Å². The van der Waals surface area contributed by atoms with Crippen molar-refractivity contribution in [2.75, 3.05) is 12.8 Å². The quantitative estimate of drug-likeness (QED) is 0.569. The number of aromatic amines is 1. The number of ether oxygens (including phenoxy) is 1. The molecular weight excluding hydrogens is 270 g/mol. The van der Waals surface area contributed by atoms with Crippen LogP contribution in [0.3, 0.4) is 0 Å². The standard InChI is InChI=1S/C15H15N3OS/c1-19-14-7-6-11(16)8-10(14)9-20-15-17-12-4-2-3-5-13(12)18-15/h2-8H,9,16H2,1H3,(H,17,18). The molecule has 0 radical (unpaired) electrons. The number of imidazole rings is 1. The second-order valence-electron chi connectivity index (χ2n) is 4.42. The summed E-state index contributed by atoms with van der Waals surface area (Å²) in [5.41, 5.74) is 9.66. The summed E-state index contributed by atoms with van der Waals surface area (Å²) in [6.45, 7) is 0. The average molecular weight is 285 g/mol. The highest BCUT2D eigenvalue weighted by molar-refractivity contribution is 7.98. The van der Waals surface area contributed by atoms with Crippen LogP contribution in [-0.2, 0) is 5.75 Å². The van der Waals surface area contributed by atoms with E-state index < -0.39 is 0 Å². The minimum absolute atomic E-state index is 0.742. The number of methoxy groups -OCH3 is 1. The Kier molecular flexibility index (Phi) is 3.52. The molecule has 5 heteroatoms. The van der Waals surface area contributed by atoms with Crippen LogP contribution in [0.1, 0.15) is 5.56 Å². The lowest BCUT2D eigenvalue weighted by Gasteiger charge is -2.08. The van der Waals surface area contributed by atoms with Crippen LogP contribution < -0.4 is 10.5 Å². The molecule has 0 bridgehead atoms. The minimum Gasteiger partial charge on any atom is -0.496 e. The van der Waals surface area contributed by atoms with E-state index in [1.165, 1.54) is 0 Å². The molecule has 1 heterocycles. The lowest BCUT2D eigenvalue weighted by atomic mass is 10.2. The number of aromatic nitrogens is 2. The third-order valence-electron chi connectivity index (χ3n) is 3.04. The first-order valence-electron chi connectivity index (χ1n) is 6.26. The van der Waals surface area contributed by atoms with Crippen LogP contribution in [0.15, 0.2) is 47.6 Å². The molecule has 2 aromatic carbocycles. The minimum atomic E-state index is 0.742. The Hall–Kier alpha value is -2.14. The van der Waals surface area contributed by atoms with Gasteiger partial charge in [0.2, 0.25) is 0 Å². The van der Waals surface area contributed by atoms with Gasteiger partial charge in [-0.2, -0.15) is 0 Å². The van der Waals surface area contributed by atoms with Crippen LogP contribution in [0.5, 0.6) is 5.75 Å². The third-order valence-corrected chi connectivity index (χ3v) is 3.96. The zero-order valence-corrected chi connectivity index (χ0v) is 11.9. The molecule has 20 heavy (non-hydrogen) atoms. The van der Waals surface area contributed by atoms with E-state index >= 15 is 0 Å². The summed E-state index contributed by atoms with van der Waals surface area (Å²) in [7, 11) is 1.67. The highest BCUT2D eigenvalue weighted by atomic mass is 32.2. The molecule has 0 spiro atoms. The number of H-pyrrole nitrogens is 1. The maximum atomic E-state index is 5.82. The van der Waals surface area contributed by atoms with Crippen LogP contribution in [0.2, 0.25) is 0 Å². The number of rotatable bonds is 4. The van der Waals surface area contributed by atoms with E-state index in [1.54, 1.807) is 18.9 Å². The molecule has 102 valence electrons. The van der Waals surface area contributed by atoms with Crippen molar-refractivity contribution in [1.82, 2.24) is 9.97 Å². The van der Waals surface area contributed by atoms with Crippen molar-refractivity contribution >= 4 is 28.5 Å². The monoisotopic (exact) mass is 285 g/mol.